The van der Waals surface area contributed by atoms with Crippen LogP contribution in [0.2, 0.25) is 0 Å². The highest BCUT2D eigenvalue weighted by Gasteiger charge is 2.41. The molecule has 0 heterocycles. The Morgan fingerprint density at radius 2 is 2.05 bits per heavy atom. The van der Waals surface area contributed by atoms with Gasteiger partial charge in [0.05, 0.1) is 12.1 Å². The molecular formula is C15H17BrN2O. The van der Waals surface area contributed by atoms with Crippen LogP contribution in [0.5, 0.6) is 0 Å². The third-order valence-electron chi connectivity index (χ3n) is 3.83. The van der Waals surface area contributed by atoms with Gasteiger partial charge in [-0.1, -0.05) is 47.0 Å². The molecular weight excluding hydrogens is 304 g/mol. The molecule has 4 heteroatoms. The number of nitriles is 1. The lowest BCUT2D eigenvalue weighted by atomic mass is 9.86. The smallest absolute Gasteiger partial charge is 0.240 e. The van der Waals surface area contributed by atoms with Crippen molar-refractivity contribution < 1.29 is 4.79 Å². The van der Waals surface area contributed by atoms with Crippen LogP contribution in [0, 0.1) is 16.7 Å². The standard InChI is InChI=1S/C15H17BrN2O/c1-11(12-6-2-3-7-13(12)16)18-14(19)15(10-17)8-4-5-9-15/h2-3,6-7,11H,4-5,8-9H2,1H3,(H,18,19). The lowest BCUT2D eigenvalue weighted by molar-refractivity contribution is -0.128. The van der Waals surface area contributed by atoms with Gasteiger partial charge in [-0.05, 0) is 31.4 Å². The first-order valence-electron chi connectivity index (χ1n) is 6.56. The summed E-state index contributed by atoms with van der Waals surface area (Å²) in [5, 5.41) is 12.3. The molecule has 0 bridgehead atoms. The fourth-order valence-corrected chi connectivity index (χ4v) is 3.24. The molecule has 1 atom stereocenters. The number of hydrogen-bond donors (Lipinski definition) is 1. The van der Waals surface area contributed by atoms with Crippen LogP contribution in [-0.4, -0.2) is 5.91 Å². The van der Waals surface area contributed by atoms with Crippen molar-refractivity contribution in [3.05, 3.63) is 34.3 Å². The van der Waals surface area contributed by atoms with Crippen molar-refractivity contribution in [1.82, 2.24) is 5.32 Å². The Bertz CT molecular complexity index is 515. The number of rotatable bonds is 3. The summed E-state index contributed by atoms with van der Waals surface area (Å²) >= 11 is 3.48. The molecule has 0 radical (unpaired) electrons. The molecule has 0 aromatic heterocycles. The van der Waals surface area contributed by atoms with Crippen molar-refractivity contribution in [1.29, 1.82) is 5.26 Å². The normalized spacial score (nSPS) is 18.6. The number of halogens is 1. The first-order chi connectivity index (χ1) is 9.09. The maximum Gasteiger partial charge on any atom is 0.240 e. The monoisotopic (exact) mass is 320 g/mol. The lowest BCUT2D eigenvalue weighted by Gasteiger charge is -2.23. The second-order valence-corrected chi connectivity index (χ2v) is 5.97. The topological polar surface area (TPSA) is 52.9 Å². The van der Waals surface area contributed by atoms with Crippen molar-refractivity contribution in [3.8, 4) is 6.07 Å². The zero-order valence-corrected chi connectivity index (χ0v) is 12.5. The summed E-state index contributed by atoms with van der Waals surface area (Å²) < 4.78 is 0.972. The largest absolute Gasteiger partial charge is 0.348 e. The van der Waals surface area contributed by atoms with Gasteiger partial charge in [-0.3, -0.25) is 4.79 Å². The van der Waals surface area contributed by atoms with E-state index in [1.54, 1.807) is 0 Å². The molecule has 1 aromatic rings. The lowest BCUT2D eigenvalue weighted by Crippen LogP contribution is -2.39. The average Bonchev–Trinajstić information content (AvgIpc) is 2.89. The molecule has 0 saturated heterocycles. The molecule has 1 aliphatic rings. The second kappa shape index (κ2) is 5.75. The van der Waals surface area contributed by atoms with E-state index in [1.807, 2.05) is 31.2 Å². The van der Waals surface area contributed by atoms with Crippen LogP contribution < -0.4 is 5.32 Å². The third kappa shape index (κ3) is 2.82. The molecule has 1 aliphatic carbocycles. The first-order valence-corrected chi connectivity index (χ1v) is 7.35. The fourth-order valence-electron chi connectivity index (χ4n) is 2.61. The quantitative estimate of drug-likeness (QED) is 0.923. The van der Waals surface area contributed by atoms with E-state index < -0.39 is 5.41 Å². The highest BCUT2D eigenvalue weighted by Crippen LogP contribution is 2.38. The minimum absolute atomic E-state index is 0.103. The zero-order chi connectivity index (χ0) is 13.9. The van der Waals surface area contributed by atoms with Gasteiger partial charge in [0.15, 0.2) is 0 Å². The molecule has 1 N–H and O–H groups in total. The number of nitrogens with one attached hydrogen (secondary N) is 1. The number of nitrogens with zero attached hydrogens (tertiary/aromatic N) is 1. The molecule has 2 rings (SSSR count). The van der Waals surface area contributed by atoms with E-state index in [0.29, 0.717) is 12.8 Å². The van der Waals surface area contributed by atoms with Crippen molar-refractivity contribution in [2.24, 2.45) is 5.41 Å². The maximum atomic E-state index is 12.3. The molecule has 19 heavy (non-hydrogen) atoms. The molecule has 1 saturated carbocycles. The van der Waals surface area contributed by atoms with Crippen LogP contribution in [0.15, 0.2) is 28.7 Å². The number of amides is 1. The Kier molecular flexibility index (Phi) is 4.26. The predicted octanol–water partition coefficient (Wildman–Crippen LogP) is 3.71. The van der Waals surface area contributed by atoms with E-state index in [0.717, 1.165) is 22.9 Å². The number of hydrogen-bond acceptors (Lipinski definition) is 2. The summed E-state index contributed by atoms with van der Waals surface area (Å²) in [7, 11) is 0. The van der Waals surface area contributed by atoms with Gasteiger partial charge < -0.3 is 5.32 Å². The minimum Gasteiger partial charge on any atom is -0.348 e. The fraction of sp³-hybridized carbons (Fsp3) is 0.467. The van der Waals surface area contributed by atoms with E-state index in [4.69, 9.17) is 0 Å². The van der Waals surface area contributed by atoms with E-state index in [2.05, 4.69) is 27.3 Å². The van der Waals surface area contributed by atoms with Gasteiger partial charge >= 0.3 is 0 Å². The highest BCUT2D eigenvalue weighted by atomic mass is 79.9. The predicted molar refractivity (Wildman–Crippen MR) is 77.2 cm³/mol. The van der Waals surface area contributed by atoms with Crippen LogP contribution in [0.1, 0.15) is 44.2 Å². The molecule has 1 aromatic carbocycles. The molecule has 1 unspecified atom stereocenters. The number of carbonyl (C=O) groups excluding carboxylic acids is 1. The van der Waals surface area contributed by atoms with Gasteiger partial charge in [-0.25, -0.2) is 0 Å². The maximum absolute atomic E-state index is 12.3. The Labute approximate surface area is 122 Å². The first kappa shape index (κ1) is 14.1. The van der Waals surface area contributed by atoms with Gasteiger partial charge in [0, 0.05) is 4.47 Å². The summed E-state index contributed by atoms with van der Waals surface area (Å²) in [4.78, 5) is 12.3. The van der Waals surface area contributed by atoms with E-state index in [1.165, 1.54) is 0 Å². The highest BCUT2D eigenvalue weighted by molar-refractivity contribution is 9.10. The zero-order valence-electron chi connectivity index (χ0n) is 10.9. The molecule has 100 valence electrons. The van der Waals surface area contributed by atoms with E-state index in [9.17, 15) is 10.1 Å². The molecule has 1 fully saturated rings. The SMILES string of the molecule is CC(NC(=O)C1(C#N)CCCC1)c1ccccc1Br. The van der Waals surface area contributed by atoms with Gasteiger partial charge in [-0.15, -0.1) is 0 Å². The Morgan fingerprint density at radius 3 is 2.63 bits per heavy atom. The third-order valence-corrected chi connectivity index (χ3v) is 4.55. The van der Waals surface area contributed by atoms with Gasteiger partial charge in [-0.2, -0.15) is 5.26 Å². The number of benzene rings is 1. The van der Waals surface area contributed by atoms with Crippen LogP contribution >= 0.6 is 15.9 Å². The van der Waals surface area contributed by atoms with Gasteiger partial charge in [0.2, 0.25) is 5.91 Å². The van der Waals surface area contributed by atoms with Crippen LogP contribution in [0.25, 0.3) is 0 Å². The summed E-state index contributed by atoms with van der Waals surface area (Å²) in [5.41, 5.74) is 0.220. The van der Waals surface area contributed by atoms with Crippen LogP contribution in [0.3, 0.4) is 0 Å². The molecule has 3 nitrogen and oxygen atoms in total. The van der Waals surface area contributed by atoms with Crippen molar-refractivity contribution >= 4 is 21.8 Å². The van der Waals surface area contributed by atoms with Crippen LogP contribution in [0.4, 0.5) is 0 Å². The summed E-state index contributed by atoms with van der Waals surface area (Å²) in [6, 6.07) is 9.93. The second-order valence-electron chi connectivity index (χ2n) is 5.12. The van der Waals surface area contributed by atoms with Crippen molar-refractivity contribution in [2.75, 3.05) is 0 Å². The molecule has 1 amide bonds. The molecule has 0 spiro atoms. The Morgan fingerprint density at radius 1 is 1.42 bits per heavy atom. The average molecular weight is 321 g/mol. The van der Waals surface area contributed by atoms with Crippen molar-refractivity contribution in [2.45, 2.75) is 38.6 Å². The van der Waals surface area contributed by atoms with E-state index in [-0.39, 0.29) is 11.9 Å². The number of carbonyl (C=O) groups is 1. The Balaban J connectivity index is 2.11. The molecule has 0 aliphatic heterocycles. The minimum atomic E-state index is -0.810. The van der Waals surface area contributed by atoms with Gasteiger partial charge in [0.1, 0.15) is 5.41 Å². The summed E-state index contributed by atoms with van der Waals surface area (Å²) in [6.45, 7) is 1.94. The Hall–Kier alpha value is -1.34. The summed E-state index contributed by atoms with van der Waals surface area (Å²) in [5.74, 6) is -0.129. The summed E-state index contributed by atoms with van der Waals surface area (Å²) in [6.07, 6.45) is 3.28. The van der Waals surface area contributed by atoms with Crippen molar-refractivity contribution in [3.63, 3.8) is 0 Å². The van der Waals surface area contributed by atoms with E-state index >= 15 is 0 Å². The van der Waals surface area contributed by atoms with Crippen LogP contribution in [-0.2, 0) is 4.79 Å². The van der Waals surface area contributed by atoms with Gasteiger partial charge in [0.25, 0.3) is 0 Å².